The molecule has 1 N–H and O–H groups in total. The Morgan fingerprint density at radius 1 is 1.09 bits per heavy atom. The molecule has 0 fully saturated rings. The number of nitrogens with zero attached hydrogens (tertiary/aromatic N) is 4. The number of carbonyl (C=O) groups is 1. The molecule has 8 heteroatoms. The number of urea groups is 1. The van der Waals surface area contributed by atoms with Crippen molar-refractivity contribution in [2.75, 3.05) is 39.6 Å². The van der Waals surface area contributed by atoms with Gasteiger partial charge in [0.1, 0.15) is 11.6 Å². The van der Waals surface area contributed by atoms with Crippen molar-refractivity contribution in [2.45, 2.75) is 39.3 Å². The second kappa shape index (κ2) is 11.7. The van der Waals surface area contributed by atoms with Gasteiger partial charge in [-0.05, 0) is 63.3 Å². The van der Waals surface area contributed by atoms with Crippen molar-refractivity contribution in [3.63, 3.8) is 0 Å². The molecule has 1 atom stereocenters. The lowest BCUT2D eigenvalue weighted by atomic mass is 10.1. The topological polar surface area (TPSA) is 79.7 Å². The third kappa shape index (κ3) is 5.75. The maximum Gasteiger partial charge on any atom is 0.322 e. The Labute approximate surface area is 201 Å². The molecule has 34 heavy (non-hydrogen) atoms. The van der Waals surface area contributed by atoms with Gasteiger partial charge in [0.15, 0.2) is 0 Å². The van der Waals surface area contributed by atoms with E-state index in [-0.39, 0.29) is 17.6 Å². The quantitative estimate of drug-likeness (QED) is 0.481. The molecule has 1 aromatic heterocycles. The molecule has 0 aliphatic heterocycles. The van der Waals surface area contributed by atoms with E-state index in [1.165, 1.54) is 0 Å². The van der Waals surface area contributed by atoms with Crippen LogP contribution in [0.3, 0.4) is 0 Å². The summed E-state index contributed by atoms with van der Waals surface area (Å²) in [6.07, 6.45) is 1.41. The fourth-order valence-corrected chi connectivity index (χ4v) is 4.00. The molecule has 3 rings (SSSR count). The second-order valence-corrected chi connectivity index (χ2v) is 8.52. The zero-order valence-corrected chi connectivity index (χ0v) is 20.7. The summed E-state index contributed by atoms with van der Waals surface area (Å²) in [6, 6.07) is 14.0. The highest BCUT2D eigenvalue weighted by molar-refractivity contribution is 5.89. The van der Waals surface area contributed by atoms with Crippen LogP contribution in [0.5, 0.6) is 5.75 Å². The van der Waals surface area contributed by atoms with Crippen molar-refractivity contribution in [2.24, 2.45) is 0 Å². The van der Waals surface area contributed by atoms with Gasteiger partial charge in [-0.15, -0.1) is 0 Å². The van der Waals surface area contributed by atoms with Crippen molar-refractivity contribution in [1.29, 1.82) is 0 Å². The van der Waals surface area contributed by atoms with E-state index in [1.54, 1.807) is 28.7 Å². The monoisotopic (exact) mass is 465 g/mol. The summed E-state index contributed by atoms with van der Waals surface area (Å²) in [5.74, 6) is 1.34. The molecule has 8 nitrogen and oxygen atoms in total. The summed E-state index contributed by atoms with van der Waals surface area (Å²) in [5, 5.41) is 3.60. The molecule has 182 valence electrons. The third-order valence-corrected chi connectivity index (χ3v) is 5.79. The number of ether oxygens (including phenoxy) is 1. The smallest absolute Gasteiger partial charge is 0.322 e. The first-order valence-corrected chi connectivity index (χ1v) is 11.7. The number of rotatable bonds is 10. The van der Waals surface area contributed by atoms with E-state index in [9.17, 15) is 9.59 Å². The molecule has 0 aliphatic carbocycles. The van der Waals surface area contributed by atoms with Gasteiger partial charge in [-0.3, -0.25) is 9.36 Å². The van der Waals surface area contributed by atoms with Crippen LogP contribution >= 0.6 is 0 Å². The Balaban J connectivity index is 2.04. The van der Waals surface area contributed by atoms with E-state index in [1.807, 2.05) is 69.2 Å². The molecule has 0 saturated heterocycles. The number of amides is 2. The number of para-hydroxylation sites is 1. The van der Waals surface area contributed by atoms with Crippen molar-refractivity contribution >= 4 is 22.6 Å². The van der Waals surface area contributed by atoms with Gasteiger partial charge in [-0.1, -0.05) is 26.0 Å². The van der Waals surface area contributed by atoms with Gasteiger partial charge >= 0.3 is 6.03 Å². The summed E-state index contributed by atoms with van der Waals surface area (Å²) in [6.45, 7) is 5.77. The molecular weight excluding hydrogens is 430 g/mol. The molecule has 0 aliphatic rings. The van der Waals surface area contributed by atoms with Crippen LogP contribution < -0.4 is 15.6 Å². The van der Waals surface area contributed by atoms with Gasteiger partial charge in [-0.2, -0.15) is 0 Å². The van der Waals surface area contributed by atoms with Crippen LogP contribution in [0.2, 0.25) is 0 Å². The molecular formula is C26H35N5O3. The molecule has 0 spiro atoms. The Kier molecular flexibility index (Phi) is 8.65. The van der Waals surface area contributed by atoms with Crippen LogP contribution in [0.4, 0.5) is 10.5 Å². The Bertz CT molecular complexity index is 1160. The van der Waals surface area contributed by atoms with Crippen LogP contribution in [0, 0.1) is 0 Å². The minimum atomic E-state index is -0.359. The number of methoxy groups -OCH3 is 1. The number of fused-ring (bicyclic) bond motifs is 1. The molecule has 0 saturated carbocycles. The third-order valence-electron chi connectivity index (χ3n) is 5.79. The predicted molar refractivity (Wildman–Crippen MR) is 137 cm³/mol. The number of carbonyl (C=O) groups excluding carboxylic acids is 1. The van der Waals surface area contributed by atoms with E-state index in [2.05, 4.69) is 5.32 Å². The largest absolute Gasteiger partial charge is 0.497 e. The first kappa shape index (κ1) is 25.2. The second-order valence-electron chi connectivity index (χ2n) is 8.52. The van der Waals surface area contributed by atoms with Crippen molar-refractivity contribution in [3.8, 4) is 5.75 Å². The lowest BCUT2D eigenvalue weighted by Gasteiger charge is -2.33. The van der Waals surface area contributed by atoms with Gasteiger partial charge in [0, 0.05) is 25.3 Å². The number of hydrogen-bond donors (Lipinski definition) is 1. The number of anilines is 1. The number of nitrogens with one attached hydrogen (secondary N) is 1. The zero-order valence-electron chi connectivity index (χ0n) is 20.7. The summed E-state index contributed by atoms with van der Waals surface area (Å²) >= 11 is 0. The van der Waals surface area contributed by atoms with Gasteiger partial charge in [0.05, 0.1) is 24.1 Å². The maximum atomic E-state index is 13.5. The molecule has 0 bridgehead atoms. The van der Waals surface area contributed by atoms with Gasteiger partial charge in [0.2, 0.25) is 0 Å². The first-order chi connectivity index (χ1) is 16.4. The highest BCUT2D eigenvalue weighted by Crippen LogP contribution is 2.25. The number of aromatic nitrogens is 2. The molecule has 3 aromatic rings. The van der Waals surface area contributed by atoms with Crippen molar-refractivity contribution in [3.05, 3.63) is 64.7 Å². The normalized spacial score (nSPS) is 12.1. The van der Waals surface area contributed by atoms with Gasteiger partial charge in [-0.25, -0.2) is 9.78 Å². The van der Waals surface area contributed by atoms with Crippen molar-refractivity contribution in [1.82, 2.24) is 19.4 Å². The number of likely N-dealkylation sites (N-methyl/N-ethyl adjacent to an activating group) is 1. The highest BCUT2D eigenvalue weighted by Gasteiger charge is 2.28. The lowest BCUT2D eigenvalue weighted by Crippen LogP contribution is -2.44. The van der Waals surface area contributed by atoms with Crippen LogP contribution in [0.1, 0.15) is 38.6 Å². The van der Waals surface area contributed by atoms with Crippen LogP contribution in [0.25, 0.3) is 10.9 Å². The highest BCUT2D eigenvalue weighted by atomic mass is 16.5. The van der Waals surface area contributed by atoms with E-state index in [4.69, 9.17) is 9.72 Å². The fourth-order valence-electron chi connectivity index (χ4n) is 4.00. The Morgan fingerprint density at radius 2 is 1.79 bits per heavy atom. The first-order valence-electron chi connectivity index (χ1n) is 11.7. The Hall–Kier alpha value is -3.39. The van der Waals surface area contributed by atoms with E-state index >= 15 is 0 Å². The SMILES string of the molecule is CCCn1c(C(CC)N(CCN(C)C)C(=O)Nc2ccc(OC)cc2)nc2ccccc2c1=O. The predicted octanol–water partition coefficient (Wildman–Crippen LogP) is 4.36. The van der Waals surface area contributed by atoms with Crippen LogP contribution in [-0.2, 0) is 6.54 Å². The van der Waals surface area contributed by atoms with Crippen LogP contribution in [-0.4, -0.2) is 59.7 Å². The standard InChI is InChI=1S/C26H35N5O3/c1-6-16-31-24(28-22-11-9-8-10-21(22)25(31)32)23(7-2)30(18-17-29(3)4)26(33)27-19-12-14-20(34-5)15-13-19/h8-15,23H,6-7,16-18H2,1-5H3,(H,27,33). The van der Waals surface area contributed by atoms with Gasteiger partial charge < -0.3 is 19.9 Å². The average Bonchev–Trinajstić information content (AvgIpc) is 2.84. The van der Waals surface area contributed by atoms with E-state index in [0.29, 0.717) is 48.5 Å². The molecule has 2 aromatic carbocycles. The summed E-state index contributed by atoms with van der Waals surface area (Å²) in [4.78, 5) is 35.6. The van der Waals surface area contributed by atoms with E-state index in [0.717, 1.165) is 12.2 Å². The summed E-state index contributed by atoms with van der Waals surface area (Å²) < 4.78 is 6.95. The number of benzene rings is 2. The summed E-state index contributed by atoms with van der Waals surface area (Å²) in [7, 11) is 5.55. The summed E-state index contributed by atoms with van der Waals surface area (Å²) in [5.41, 5.74) is 1.26. The molecule has 0 radical (unpaired) electrons. The molecule has 1 heterocycles. The maximum absolute atomic E-state index is 13.5. The van der Waals surface area contributed by atoms with E-state index < -0.39 is 0 Å². The Morgan fingerprint density at radius 3 is 2.41 bits per heavy atom. The van der Waals surface area contributed by atoms with Crippen LogP contribution in [0.15, 0.2) is 53.3 Å². The lowest BCUT2D eigenvalue weighted by molar-refractivity contribution is 0.171. The average molecular weight is 466 g/mol. The molecule has 1 unspecified atom stereocenters. The number of hydrogen-bond acceptors (Lipinski definition) is 5. The zero-order chi connectivity index (χ0) is 24.7. The van der Waals surface area contributed by atoms with Gasteiger partial charge in [0.25, 0.3) is 5.56 Å². The molecule has 2 amide bonds. The minimum absolute atomic E-state index is 0.0657. The van der Waals surface area contributed by atoms with Crippen molar-refractivity contribution < 1.29 is 9.53 Å². The fraction of sp³-hybridized carbons (Fsp3) is 0.423. The minimum Gasteiger partial charge on any atom is -0.497 e.